The summed E-state index contributed by atoms with van der Waals surface area (Å²) in [6, 6.07) is 10.4. The van der Waals surface area contributed by atoms with E-state index in [4.69, 9.17) is 13.9 Å². The van der Waals surface area contributed by atoms with E-state index in [1.807, 2.05) is 18.2 Å². The normalized spacial score (nSPS) is 15.1. The minimum absolute atomic E-state index is 0.191. The van der Waals surface area contributed by atoms with Crippen LogP contribution in [0.15, 0.2) is 45.7 Å². The van der Waals surface area contributed by atoms with Crippen molar-refractivity contribution in [1.82, 2.24) is 9.62 Å². The smallest absolute Gasteiger partial charge is 0.287 e. The molecule has 2 aromatic carbocycles. The van der Waals surface area contributed by atoms with Crippen LogP contribution in [-0.4, -0.2) is 52.5 Å². The molecule has 35 heavy (non-hydrogen) atoms. The molecule has 0 bridgehead atoms. The second-order valence-corrected chi connectivity index (χ2v) is 10.7. The summed E-state index contributed by atoms with van der Waals surface area (Å²) < 4.78 is 44.4. The van der Waals surface area contributed by atoms with E-state index in [1.54, 1.807) is 43.6 Å². The van der Waals surface area contributed by atoms with Crippen molar-refractivity contribution in [2.45, 2.75) is 43.9 Å². The number of hydrogen-bond acceptors (Lipinski definition) is 6. The average Bonchev–Trinajstić information content (AvgIpc) is 3.03. The molecule has 1 saturated heterocycles. The van der Waals surface area contributed by atoms with Gasteiger partial charge in [-0.3, -0.25) is 4.79 Å². The van der Waals surface area contributed by atoms with Crippen molar-refractivity contribution in [1.29, 1.82) is 0 Å². The fraction of sp³-hybridized carbons (Fsp3) is 0.423. The molecular formula is C26H32N2O6S. The first-order valence-electron chi connectivity index (χ1n) is 11.9. The lowest BCUT2D eigenvalue weighted by molar-refractivity contribution is 0.0927. The van der Waals surface area contributed by atoms with E-state index < -0.39 is 10.0 Å². The molecule has 9 heteroatoms. The van der Waals surface area contributed by atoms with Crippen LogP contribution in [0.25, 0.3) is 11.0 Å². The maximum Gasteiger partial charge on any atom is 0.287 e. The highest BCUT2D eigenvalue weighted by molar-refractivity contribution is 7.89. The number of fused-ring (bicyclic) bond motifs is 1. The van der Waals surface area contributed by atoms with Crippen LogP contribution >= 0.6 is 0 Å². The number of nitrogens with zero attached hydrogens (tertiary/aromatic N) is 1. The molecule has 4 rings (SSSR count). The van der Waals surface area contributed by atoms with Gasteiger partial charge >= 0.3 is 0 Å². The number of nitrogens with one attached hydrogen (secondary N) is 1. The van der Waals surface area contributed by atoms with Crippen LogP contribution in [0.5, 0.6) is 11.5 Å². The van der Waals surface area contributed by atoms with E-state index in [1.165, 1.54) is 0 Å². The van der Waals surface area contributed by atoms with E-state index in [9.17, 15) is 13.2 Å². The number of sulfonamides is 1. The number of benzene rings is 2. The van der Waals surface area contributed by atoms with Gasteiger partial charge in [-0.05, 0) is 62.1 Å². The topological polar surface area (TPSA) is 98.1 Å². The molecule has 2 heterocycles. The molecule has 188 valence electrons. The lowest BCUT2D eigenvalue weighted by Gasteiger charge is -2.19. The van der Waals surface area contributed by atoms with Gasteiger partial charge in [-0.2, -0.15) is 4.31 Å². The quantitative estimate of drug-likeness (QED) is 0.495. The zero-order chi connectivity index (χ0) is 25.0. The van der Waals surface area contributed by atoms with Gasteiger partial charge in [-0.25, -0.2) is 8.42 Å². The minimum atomic E-state index is -3.59. The van der Waals surface area contributed by atoms with E-state index in [-0.39, 0.29) is 16.6 Å². The van der Waals surface area contributed by atoms with Crippen molar-refractivity contribution >= 4 is 26.9 Å². The highest BCUT2D eigenvalue weighted by Crippen LogP contribution is 2.30. The molecule has 1 N–H and O–H groups in total. The van der Waals surface area contributed by atoms with E-state index in [0.29, 0.717) is 54.1 Å². The minimum Gasteiger partial charge on any atom is -0.493 e. The standard InChI is InChI=1S/C26H32N2O6S/c1-18-21-17-20(35(30,31)28-14-6-4-5-7-15-28)9-11-22(21)34-25(18)26(29)27-13-12-19-8-10-23(32-2)24(16-19)33-3/h8-11,16-17H,4-7,12-15H2,1-3H3,(H,27,29). The summed E-state index contributed by atoms with van der Waals surface area (Å²) in [4.78, 5) is 13.1. The van der Waals surface area contributed by atoms with Crippen LogP contribution in [-0.2, 0) is 16.4 Å². The van der Waals surface area contributed by atoms with Crippen molar-refractivity contribution in [2.24, 2.45) is 0 Å². The monoisotopic (exact) mass is 500 g/mol. The van der Waals surface area contributed by atoms with Crippen LogP contribution in [0.4, 0.5) is 0 Å². The largest absolute Gasteiger partial charge is 0.493 e. The molecule has 1 amide bonds. The van der Waals surface area contributed by atoms with E-state index in [2.05, 4.69) is 5.32 Å². The van der Waals surface area contributed by atoms with Gasteiger partial charge in [0.25, 0.3) is 5.91 Å². The zero-order valence-corrected chi connectivity index (χ0v) is 21.2. The second-order valence-electron chi connectivity index (χ2n) is 8.73. The molecule has 0 aliphatic carbocycles. The summed E-state index contributed by atoms with van der Waals surface area (Å²) in [7, 11) is -0.423. The number of amides is 1. The Kier molecular flexibility index (Phi) is 7.66. The summed E-state index contributed by atoms with van der Waals surface area (Å²) in [5.41, 5.74) is 2.10. The van der Waals surface area contributed by atoms with Gasteiger partial charge in [-0.15, -0.1) is 0 Å². The Morgan fingerprint density at radius 3 is 2.40 bits per heavy atom. The van der Waals surface area contributed by atoms with Gasteiger partial charge in [0.1, 0.15) is 5.58 Å². The van der Waals surface area contributed by atoms with Gasteiger partial charge in [-0.1, -0.05) is 18.9 Å². The highest BCUT2D eigenvalue weighted by atomic mass is 32.2. The number of carbonyl (C=O) groups is 1. The molecule has 0 unspecified atom stereocenters. The molecule has 3 aromatic rings. The molecule has 0 atom stereocenters. The molecular weight excluding hydrogens is 468 g/mol. The molecule has 1 aliphatic heterocycles. The average molecular weight is 501 g/mol. The van der Waals surface area contributed by atoms with Gasteiger partial charge < -0.3 is 19.2 Å². The Labute approximate surface area is 206 Å². The maximum atomic E-state index is 13.2. The van der Waals surface area contributed by atoms with E-state index >= 15 is 0 Å². The summed E-state index contributed by atoms with van der Waals surface area (Å²) in [5.74, 6) is 1.14. The second kappa shape index (κ2) is 10.7. The Morgan fingerprint density at radius 1 is 1.00 bits per heavy atom. The number of carbonyl (C=O) groups excluding carboxylic acids is 1. The Morgan fingerprint density at radius 2 is 1.71 bits per heavy atom. The van der Waals surface area contributed by atoms with Crippen LogP contribution in [0.3, 0.4) is 0 Å². The number of furan rings is 1. The van der Waals surface area contributed by atoms with Crippen LogP contribution < -0.4 is 14.8 Å². The third-order valence-corrected chi connectivity index (χ3v) is 8.36. The SMILES string of the molecule is COc1ccc(CCNC(=O)c2oc3ccc(S(=O)(=O)N4CCCCCC4)cc3c2C)cc1OC. The fourth-order valence-electron chi connectivity index (χ4n) is 4.44. The Hall–Kier alpha value is -3.04. The summed E-state index contributed by atoms with van der Waals surface area (Å²) in [5, 5.41) is 3.52. The van der Waals surface area contributed by atoms with Gasteiger partial charge in [0.05, 0.1) is 19.1 Å². The lowest BCUT2D eigenvalue weighted by atomic mass is 10.1. The third-order valence-electron chi connectivity index (χ3n) is 6.46. The third kappa shape index (κ3) is 5.31. The Bertz CT molecular complexity index is 1310. The molecule has 8 nitrogen and oxygen atoms in total. The molecule has 1 fully saturated rings. The summed E-state index contributed by atoms with van der Waals surface area (Å²) >= 11 is 0. The fourth-order valence-corrected chi connectivity index (χ4v) is 5.99. The zero-order valence-electron chi connectivity index (χ0n) is 20.4. The van der Waals surface area contributed by atoms with Crippen LogP contribution in [0, 0.1) is 6.92 Å². The highest BCUT2D eigenvalue weighted by Gasteiger charge is 2.27. The van der Waals surface area contributed by atoms with Crippen molar-refractivity contribution in [3.05, 3.63) is 53.3 Å². The lowest BCUT2D eigenvalue weighted by Crippen LogP contribution is -2.31. The number of rotatable bonds is 8. The first kappa shape index (κ1) is 25.1. The predicted molar refractivity (Wildman–Crippen MR) is 134 cm³/mol. The molecule has 1 aliphatic rings. The van der Waals surface area contributed by atoms with Crippen LogP contribution in [0.2, 0.25) is 0 Å². The number of hydrogen-bond donors (Lipinski definition) is 1. The van der Waals surface area contributed by atoms with Gasteiger partial charge in [0, 0.05) is 30.6 Å². The molecule has 0 saturated carbocycles. The van der Waals surface area contributed by atoms with Crippen molar-refractivity contribution in [2.75, 3.05) is 33.9 Å². The van der Waals surface area contributed by atoms with Crippen molar-refractivity contribution < 1.29 is 27.1 Å². The molecule has 0 radical (unpaired) electrons. The maximum absolute atomic E-state index is 13.2. The van der Waals surface area contributed by atoms with Gasteiger partial charge in [0.15, 0.2) is 17.3 Å². The molecule has 0 spiro atoms. The van der Waals surface area contributed by atoms with E-state index in [0.717, 1.165) is 31.2 Å². The molecule has 1 aromatic heterocycles. The predicted octanol–water partition coefficient (Wildman–Crippen LogP) is 4.30. The number of methoxy groups -OCH3 is 2. The summed E-state index contributed by atoms with van der Waals surface area (Å²) in [6.07, 6.45) is 4.45. The van der Waals surface area contributed by atoms with Crippen molar-refractivity contribution in [3.63, 3.8) is 0 Å². The first-order chi connectivity index (χ1) is 16.8. The summed E-state index contributed by atoms with van der Waals surface area (Å²) in [6.45, 7) is 3.26. The number of aryl methyl sites for hydroxylation is 1. The van der Waals surface area contributed by atoms with Crippen molar-refractivity contribution in [3.8, 4) is 11.5 Å². The first-order valence-corrected chi connectivity index (χ1v) is 13.3. The van der Waals surface area contributed by atoms with Crippen LogP contribution in [0.1, 0.15) is 47.4 Å². The Balaban J connectivity index is 1.48. The van der Waals surface area contributed by atoms with Gasteiger partial charge in [0.2, 0.25) is 10.0 Å². The number of ether oxygens (including phenoxy) is 2.